The third-order valence-electron chi connectivity index (χ3n) is 2.76. The van der Waals surface area contributed by atoms with E-state index in [-0.39, 0.29) is 0 Å². The number of hydrogen-bond donors (Lipinski definition) is 1. The molecule has 1 atom stereocenters. The van der Waals surface area contributed by atoms with Crippen LogP contribution in [0.4, 0.5) is 0 Å². The standard InChI is InChI=1S/C11H22N2/c1-3-4-8-13-9-6-5-7-11(13)10-12-2/h3-4,11-12H,5-10H2,1-2H3. The van der Waals surface area contributed by atoms with Gasteiger partial charge in [0.15, 0.2) is 0 Å². The first-order chi connectivity index (χ1) is 6.38. The molecule has 1 N–H and O–H groups in total. The highest BCUT2D eigenvalue weighted by Crippen LogP contribution is 2.15. The van der Waals surface area contributed by atoms with Gasteiger partial charge in [-0.3, -0.25) is 4.90 Å². The van der Waals surface area contributed by atoms with Gasteiger partial charge in [-0.25, -0.2) is 0 Å². The molecule has 1 aliphatic rings. The summed E-state index contributed by atoms with van der Waals surface area (Å²) in [7, 11) is 2.04. The molecule has 0 aromatic rings. The van der Waals surface area contributed by atoms with Crippen LogP contribution in [-0.4, -0.2) is 37.6 Å². The van der Waals surface area contributed by atoms with Crippen LogP contribution in [0.1, 0.15) is 26.2 Å². The van der Waals surface area contributed by atoms with Crippen LogP contribution < -0.4 is 5.32 Å². The van der Waals surface area contributed by atoms with Gasteiger partial charge in [0.2, 0.25) is 0 Å². The molecule has 0 aromatic heterocycles. The number of piperidine rings is 1. The number of hydrogen-bond acceptors (Lipinski definition) is 2. The number of likely N-dealkylation sites (N-methyl/N-ethyl adjacent to an activating group) is 1. The van der Waals surface area contributed by atoms with E-state index in [4.69, 9.17) is 0 Å². The van der Waals surface area contributed by atoms with Gasteiger partial charge < -0.3 is 5.32 Å². The van der Waals surface area contributed by atoms with E-state index >= 15 is 0 Å². The van der Waals surface area contributed by atoms with Crippen molar-refractivity contribution in [2.45, 2.75) is 32.2 Å². The highest BCUT2D eigenvalue weighted by atomic mass is 15.2. The zero-order chi connectivity index (χ0) is 9.52. The lowest BCUT2D eigenvalue weighted by Crippen LogP contribution is -2.44. The first-order valence-electron chi connectivity index (χ1n) is 5.38. The summed E-state index contributed by atoms with van der Waals surface area (Å²) in [6.07, 6.45) is 8.54. The molecule has 2 nitrogen and oxygen atoms in total. The van der Waals surface area contributed by atoms with Gasteiger partial charge in [0.25, 0.3) is 0 Å². The molecule has 1 aliphatic heterocycles. The molecule has 1 rings (SSSR count). The Kier molecular flexibility index (Phi) is 5.09. The Morgan fingerprint density at radius 2 is 2.31 bits per heavy atom. The van der Waals surface area contributed by atoms with E-state index in [1.807, 2.05) is 7.05 Å². The number of allylic oxidation sites excluding steroid dienone is 1. The topological polar surface area (TPSA) is 15.3 Å². The molecule has 1 fully saturated rings. The molecule has 0 radical (unpaired) electrons. The third kappa shape index (κ3) is 3.49. The Morgan fingerprint density at radius 3 is 3.00 bits per heavy atom. The smallest absolute Gasteiger partial charge is 0.0223 e. The third-order valence-corrected chi connectivity index (χ3v) is 2.76. The SMILES string of the molecule is CC=CCN1CCCCC1CNC. The molecular formula is C11H22N2. The van der Waals surface area contributed by atoms with E-state index in [0.29, 0.717) is 0 Å². The zero-order valence-corrected chi connectivity index (χ0v) is 8.92. The van der Waals surface area contributed by atoms with Gasteiger partial charge in [0.1, 0.15) is 0 Å². The lowest BCUT2D eigenvalue weighted by atomic mass is 10.0. The molecule has 1 heterocycles. The summed E-state index contributed by atoms with van der Waals surface area (Å²) in [5, 5.41) is 3.28. The maximum absolute atomic E-state index is 3.28. The quantitative estimate of drug-likeness (QED) is 0.665. The van der Waals surface area contributed by atoms with E-state index in [1.165, 1.54) is 25.8 Å². The molecule has 0 amide bonds. The molecule has 0 aliphatic carbocycles. The van der Waals surface area contributed by atoms with Gasteiger partial charge in [-0.1, -0.05) is 18.6 Å². The number of rotatable bonds is 4. The Bertz CT molecular complexity index is 152. The second-order valence-corrected chi connectivity index (χ2v) is 3.77. The minimum absolute atomic E-state index is 0.759. The second kappa shape index (κ2) is 6.17. The van der Waals surface area contributed by atoms with Crippen molar-refractivity contribution in [1.82, 2.24) is 10.2 Å². The van der Waals surface area contributed by atoms with Gasteiger partial charge in [0.05, 0.1) is 0 Å². The average Bonchev–Trinajstić information content (AvgIpc) is 2.17. The molecule has 13 heavy (non-hydrogen) atoms. The van der Waals surface area contributed by atoms with Crippen LogP contribution in [0.25, 0.3) is 0 Å². The molecule has 1 unspecified atom stereocenters. The Labute approximate surface area is 82.0 Å². The largest absolute Gasteiger partial charge is 0.318 e. The van der Waals surface area contributed by atoms with Crippen LogP contribution in [0, 0.1) is 0 Å². The zero-order valence-electron chi connectivity index (χ0n) is 8.92. The summed E-state index contributed by atoms with van der Waals surface area (Å²) in [5.41, 5.74) is 0. The van der Waals surface area contributed by atoms with Crippen LogP contribution in [-0.2, 0) is 0 Å². The fourth-order valence-corrected chi connectivity index (χ4v) is 2.01. The molecule has 0 aromatic carbocycles. The van der Waals surface area contributed by atoms with Crippen LogP contribution in [0.15, 0.2) is 12.2 Å². The van der Waals surface area contributed by atoms with Crippen LogP contribution in [0.5, 0.6) is 0 Å². The molecular weight excluding hydrogens is 160 g/mol. The highest BCUT2D eigenvalue weighted by molar-refractivity contribution is 4.86. The van der Waals surface area contributed by atoms with Gasteiger partial charge in [-0.15, -0.1) is 0 Å². The van der Waals surface area contributed by atoms with Gasteiger partial charge >= 0.3 is 0 Å². The number of nitrogens with zero attached hydrogens (tertiary/aromatic N) is 1. The van der Waals surface area contributed by atoms with Crippen LogP contribution in [0.2, 0.25) is 0 Å². The van der Waals surface area contributed by atoms with Crippen molar-refractivity contribution in [3.05, 3.63) is 12.2 Å². The van der Waals surface area contributed by atoms with Crippen molar-refractivity contribution in [3.8, 4) is 0 Å². The minimum atomic E-state index is 0.759. The predicted octanol–water partition coefficient (Wildman–Crippen LogP) is 1.64. The summed E-state index contributed by atoms with van der Waals surface area (Å²) in [6, 6.07) is 0.759. The Morgan fingerprint density at radius 1 is 1.46 bits per heavy atom. The fraction of sp³-hybridized carbons (Fsp3) is 0.818. The average molecular weight is 182 g/mol. The monoisotopic (exact) mass is 182 g/mol. The van der Waals surface area contributed by atoms with E-state index in [9.17, 15) is 0 Å². The molecule has 1 saturated heterocycles. The van der Waals surface area contributed by atoms with Crippen LogP contribution in [0.3, 0.4) is 0 Å². The van der Waals surface area contributed by atoms with Crippen LogP contribution >= 0.6 is 0 Å². The number of likely N-dealkylation sites (tertiary alicyclic amines) is 1. The first-order valence-corrected chi connectivity index (χ1v) is 5.38. The Balaban J connectivity index is 2.36. The second-order valence-electron chi connectivity index (χ2n) is 3.77. The molecule has 0 spiro atoms. The van der Waals surface area contributed by atoms with Crippen molar-refractivity contribution in [2.75, 3.05) is 26.7 Å². The molecule has 0 bridgehead atoms. The van der Waals surface area contributed by atoms with Crippen molar-refractivity contribution in [2.24, 2.45) is 0 Å². The summed E-state index contributed by atoms with van der Waals surface area (Å²) >= 11 is 0. The van der Waals surface area contributed by atoms with E-state index in [2.05, 4.69) is 29.3 Å². The van der Waals surface area contributed by atoms with Gasteiger partial charge in [-0.2, -0.15) is 0 Å². The fourth-order valence-electron chi connectivity index (χ4n) is 2.01. The van der Waals surface area contributed by atoms with Crippen molar-refractivity contribution < 1.29 is 0 Å². The summed E-state index contributed by atoms with van der Waals surface area (Å²) in [6.45, 7) is 5.63. The first kappa shape index (κ1) is 10.7. The maximum Gasteiger partial charge on any atom is 0.0223 e. The summed E-state index contributed by atoms with van der Waals surface area (Å²) < 4.78 is 0. The maximum atomic E-state index is 3.28. The molecule has 76 valence electrons. The van der Waals surface area contributed by atoms with Gasteiger partial charge in [0, 0.05) is 19.1 Å². The van der Waals surface area contributed by atoms with Gasteiger partial charge in [-0.05, 0) is 33.4 Å². The van der Waals surface area contributed by atoms with E-state index in [1.54, 1.807) is 0 Å². The predicted molar refractivity (Wildman–Crippen MR) is 58.0 cm³/mol. The lowest BCUT2D eigenvalue weighted by molar-refractivity contribution is 0.164. The highest BCUT2D eigenvalue weighted by Gasteiger charge is 2.19. The van der Waals surface area contributed by atoms with E-state index in [0.717, 1.165) is 19.1 Å². The van der Waals surface area contributed by atoms with E-state index < -0.39 is 0 Å². The normalized spacial score (nSPS) is 25.5. The summed E-state index contributed by atoms with van der Waals surface area (Å²) in [5.74, 6) is 0. The Hall–Kier alpha value is -0.340. The molecule has 0 saturated carbocycles. The summed E-state index contributed by atoms with van der Waals surface area (Å²) in [4.78, 5) is 2.58. The minimum Gasteiger partial charge on any atom is -0.318 e. The number of nitrogens with one attached hydrogen (secondary N) is 1. The molecule has 2 heteroatoms. The van der Waals surface area contributed by atoms with Crippen molar-refractivity contribution >= 4 is 0 Å². The van der Waals surface area contributed by atoms with Crippen molar-refractivity contribution in [1.29, 1.82) is 0 Å². The van der Waals surface area contributed by atoms with Crippen molar-refractivity contribution in [3.63, 3.8) is 0 Å². The lowest BCUT2D eigenvalue weighted by Gasteiger charge is -2.34.